The van der Waals surface area contributed by atoms with E-state index in [1.165, 1.54) is 10.7 Å². The van der Waals surface area contributed by atoms with E-state index in [0.29, 0.717) is 12.5 Å². The highest BCUT2D eigenvalue weighted by molar-refractivity contribution is 4.85. The van der Waals surface area contributed by atoms with Crippen LogP contribution in [0.3, 0.4) is 0 Å². The van der Waals surface area contributed by atoms with E-state index in [0.717, 1.165) is 6.54 Å². The molecule has 1 aromatic rings. The Morgan fingerprint density at radius 3 is 2.75 bits per heavy atom. The maximum Gasteiger partial charge on any atom is 0.266 e. The Morgan fingerprint density at radius 1 is 1.50 bits per heavy atom. The molecule has 1 N–H and O–H groups in total. The van der Waals surface area contributed by atoms with Crippen molar-refractivity contribution in [3.63, 3.8) is 0 Å². The van der Waals surface area contributed by atoms with Crippen LogP contribution in [0.5, 0.6) is 0 Å². The lowest BCUT2D eigenvalue weighted by Crippen LogP contribution is -2.40. The second kappa shape index (κ2) is 5.25. The van der Waals surface area contributed by atoms with Gasteiger partial charge in [-0.15, -0.1) is 0 Å². The molecule has 0 spiro atoms. The van der Waals surface area contributed by atoms with Gasteiger partial charge in [-0.05, 0) is 39.3 Å². The van der Waals surface area contributed by atoms with Gasteiger partial charge in [-0.2, -0.15) is 5.10 Å². The van der Waals surface area contributed by atoms with Crippen molar-refractivity contribution in [2.75, 3.05) is 6.54 Å². The van der Waals surface area contributed by atoms with Gasteiger partial charge in [0.05, 0.1) is 0 Å². The Kier molecular flexibility index (Phi) is 4.24. The smallest absolute Gasteiger partial charge is 0.266 e. The molecule has 4 heteroatoms. The first-order valence-corrected chi connectivity index (χ1v) is 5.65. The average molecular weight is 223 g/mol. The van der Waals surface area contributed by atoms with Crippen LogP contribution in [-0.4, -0.2) is 21.9 Å². The minimum absolute atomic E-state index is 0.0369. The Labute approximate surface area is 96.7 Å². The van der Waals surface area contributed by atoms with Gasteiger partial charge < -0.3 is 5.32 Å². The predicted octanol–water partition coefficient (Wildman–Crippen LogP) is 1.27. The van der Waals surface area contributed by atoms with Crippen LogP contribution in [0, 0.1) is 5.92 Å². The second-order valence-electron chi connectivity index (χ2n) is 5.28. The normalized spacial score (nSPS) is 13.8. The lowest BCUT2D eigenvalue weighted by atomic mass is 10.1. The van der Waals surface area contributed by atoms with E-state index in [1.54, 1.807) is 12.3 Å². The second-order valence-corrected chi connectivity index (χ2v) is 5.28. The molecule has 1 heterocycles. The van der Waals surface area contributed by atoms with Crippen LogP contribution in [0.25, 0.3) is 0 Å². The van der Waals surface area contributed by atoms with E-state index < -0.39 is 0 Å². The first kappa shape index (κ1) is 12.9. The fourth-order valence-corrected chi connectivity index (χ4v) is 1.36. The molecule has 1 atom stereocenters. The monoisotopic (exact) mass is 223 g/mol. The van der Waals surface area contributed by atoms with Crippen LogP contribution in [-0.2, 0) is 6.54 Å². The summed E-state index contributed by atoms with van der Waals surface area (Å²) < 4.78 is 1.51. The summed E-state index contributed by atoms with van der Waals surface area (Å²) in [5, 5.41) is 7.46. The molecular formula is C12H21N3O. The molecule has 90 valence electrons. The molecule has 1 rings (SSSR count). The van der Waals surface area contributed by atoms with Crippen molar-refractivity contribution < 1.29 is 0 Å². The van der Waals surface area contributed by atoms with Gasteiger partial charge in [0.15, 0.2) is 0 Å². The number of nitrogens with zero attached hydrogens (tertiary/aromatic N) is 2. The van der Waals surface area contributed by atoms with Gasteiger partial charge in [0.1, 0.15) is 0 Å². The summed E-state index contributed by atoms with van der Waals surface area (Å²) in [5.74, 6) is 0.381. The summed E-state index contributed by atoms with van der Waals surface area (Å²) >= 11 is 0. The maximum absolute atomic E-state index is 11.4. The molecule has 0 aliphatic carbocycles. The Morgan fingerprint density at radius 2 is 2.19 bits per heavy atom. The standard InChI is InChI=1S/C12H21N3O/c1-10(8-13-12(2,3)4)9-15-11(16)6-5-7-14-15/h5-7,10,13H,8-9H2,1-4H3. The summed E-state index contributed by atoms with van der Waals surface area (Å²) in [7, 11) is 0. The molecule has 0 saturated heterocycles. The molecule has 0 amide bonds. The van der Waals surface area contributed by atoms with Gasteiger partial charge >= 0.3 is 0 Å². The largest absolute Gasteiger partial charge is 0.312 e. The number of aromatic nitrogens is 2. The quantitative estimate of drug-likeness (QED) is 0.836. The predicted molar refractivity (Wildman–Crippen MR) is 65.4 cm³/mol. The van der Waals surface area contributed by atoms with Crippen molar-refractivity contribution in [2.45, 2.75) is 39.8 Å². The van der Waals surface area contributed by atoms with Crippen molar-refractivity contribution >= 4 is 0 Å². The zero-order valence-electron chi connectivity index (χ0n) is 10.5. The molecule has 0 aliphatic heterocycles. The minimum Gasteiger partial charge on any atom is -0.312 e. The van der Waals surface area contributed by atoms with Gasteiger partial charge in [-0.3, -0.25) is 4.79 Å². The van der Waals surface area contributed by atoms with Crippen molar-refractivity contribution in [2.24, 2.45) is 5.92 Å². The third kappa shape index (κ3) is 4.57. The van der Waals surface area contributed by atoms with Crippen LogP contribution in [0.2, 0.25) is 0 Å². The Balaban J connectivity index is 2.49. The molecular weight excluding hydrogens is 202 g/mol. The van der Waals surface area contributed by atoms with Crippen LogP contribution < -0.4 is 10.9 Å². The number of nitrogens with one attached hydrogen (secondary N) is 1. The zero-order valence-corrected chi connectivity index (χ0v) is 10.5. The van der Waals surface area contributed by atoms with Crippen LogP contribution in [0.15, 0.2) is 23.1 Å². The molecule has 4 nitrogen and oxygen atoms in total. The molecule has 1 aromatic heterocycles. The van der Waals surface area contributed by atoms with Gasteiger partial charge in [-0.25, -0.2) is 4.68 Å². The first-order chi connectivity index (χ1) is 7.38. The van der Waals surface area contributed by atoms with Crippen LogP contribution in [0.1, 0.15) is 27.7 Å². The Hall–Kier alpha value is -1.16. The van der Waals surface area contributed by atoms with Gasteiger partial charge in [0.25, 0.3) is 5.56 Å². The van der Waals surface area contributed by atoms with Gasteiger partial charge in [0.2, 0.25) is 0 Å². The van der Waals surface area contributed by atoms with Crippen LogP contribution in [0.4, 0.5) is 0 Å². The van der Waals surface area contributed by atoms with Crippen LogP contribution >= 0.6 is 0 Å². The fourth-order valence-electron chi connectivity index (χ4n) is 1.36. The SMILES string of the molecule is CC(CNC(C)(C)C)Cn1ncccc1=O. The van der Waals surface area contributed by atoms with Crippen molar-refractivity contribution in [3.8, 4) is 0 Å². The molecule has 1 unspecified atom stereocenters. The number of hydrogen-bond acceptors (Lipinski definition) is 3. The fraction of sp³-hybridized carbons (Fsp3) is 0.667. The molecule has 0 aromatic carbocycles. The highest BCUT2D eigenvalue weighted by Crippen LogP contribution is 2.02. The van der Waals surface area contributed by atoms with Gasteiger partial charge in [-0.1, -0.05) is 6.92 Å². The third-order valence-electron chi connectivity index (χ3n) is 2.25. The lowest BCUT2D eigenvalue weighted by Gasteiger charge is -2.23. The first-order valence-electron chi connectivity index (χ1n) is 5.65. The summed E-state index contributed by atoms with van der Waals surface area (Å²) in [5.41, 5.74) is 0.0775. The lowest BCUT2D eigenvalue weighted by molar-refractivity contribution is 0.347. The van der Waals surface area contributed by atoms with E-state index in [-0.39, 0.29) is 11.1 Å². The van der Waals surface area contributed by atoms with E-state index in [4.69, 9.17) is 0 Å². The molecule has 0 radical (unpaired) electrons. The summed E-state index contributed by atoms with van der Waals surface area (Å²) in [6.07, 6.45) is 1.64. The topological polar surface area (TPSA) is 46.9 Å². The summed E-state index contributed by atoms with van der Waals surface area (Å²) in [6.45, 7) is 10.0. The van der Waals surface area contributed by atoms with E-state index in [9.17, 15) is 4.79 Å². The van der Waals surface area contributed by atoms with E-state index in [2.05, 4.69) is 38.1 Å². The minimum atomic E-state index is -0.0369. The Bertz CT molecular complexity index is 378. The van der Waals surface area contributed by atoms with Crippen molar-refractivity contribution in [1.82, 2.24) is 15.1 Å². The zero-order chi connectivity index (χ0) is 12.2. The molecule has 16 heavy (non-hydrogen) atoms. The molecule has 0 fully saturated rings. The number of rotatable bonds is 4. The van der Waals surface area contributed by atoms with E-state index in [1.807, 2.05) is 0 Å². The molecule has 0 saturated carbocycles. The molecule has 0 aliphatic rings. The van der Waals surface area contributed by atoms with E-state index >= 15 is 0 Å². The van der Waals surface area contributed by atoms with Crippen molar-refractivity contribution in [3.05, 3.63) is 28.7 Å². The average Bonchev–Trinajstić information content (AvgIpc) is 2.18. The van der Waals surface area contributed by atoms with Crippen molar-refractivity contribution in [1.29, 1.82) is 0 Å². The third-order valence-corrected chi connectivity index (χ3v) is 2.25. The maximum atomic E-state index is 11.4. The highest BCUT2D eigenvalue weighted by atomic mass is 16.1. The summed E-state index contributed by atoms with van der Waals surface area (Å²) in [4.78, 5) is 11.4. The van der Waals surface area contributed by atoms with Gasteiger partial charge in [0, 0.05) is 24.3 Å². The number of hydrogen-bond donors (Lipinski definition) is 1. The summed E-state index contributed by atoms with van der Waals surface area (Å²) in [6, 6.07) is 3.20. The highest BCUT2D eigenvalue weighted by Gasteiger charge is 2.11. The molecule has 0 bridgehead atoms.